The topological polar surface area (TPSA) is 28.4 Å². The van der Waals surface area contributed by atoms with Gasteiger partial charge in [-0.15, -0.1) is 0 Å². The highest BCUT2D eigenvalue weighted by atomic mass is 35.5. The molecular weight excluding hydrogens is 284 g/mol. The number of rotatable bonds is 5. The summed E-state index contributed by atoms with van der Waals surface area (Å²) in [6, 6.07) is 4.11. The quantitative estimate of drug-likeness (QED) is 0.918. The summed E-state index contributed by atoms with van der Waals surface area (Å²) >= 11 is 6.27. The van der Waals surface area contributed by atoms with Crippen LogP contribution >= 0.6 is 11.6 Å². The van der Waals surface area contributed by atoms with Crippen molar-refractivity contribution in [1.29, 1.82) is 0 Å². The summed E-state index contributed by atoms with van der Waals surface area (Å²) < 4.78 is 2.15. The Morgan fingerprint density at radius 1 is 1.19 bits per heavy atom. The normalized spacial score (nSPS) is 16.1. The third-order valence-electron chi connectivity index (χ3n) is 4.55. The Bertz CT molecular complexity index is 629. The van der Waals surface area contributed by atoms with Gasteiger partial charge in [0.05, 0.1) is 12.1 Å². The first kappa shape index (κ1) is 14.9. The second-order valence-corrected chi connectivity index (χ2v) is 6.35. The first-order valence-electron chi connectivity index (χ1n) is 7.80. The van der Waals surface area contributed by atoms with Crippen LogP contribution in [0, 0.1) is 6.92 Å². The summed E-state index contributed by atoms with van der Waals surface area (Å²) in [4.78, 5) is 2.54. The van der Waals surface area contributed by atoms with Crippen LogP contribution in [0.4, 0.5) is 0 Å². The third-order valence-corrected chi connectivity index (χ3v) is 4.96. The molecule has 1 saturated heterocycles. The third kappa shape index (κ3) is 2.96. The molecule has 3 nitrogen and oxygen atoms in total. The van der Waals surface area contributed by atoms with Crippen LogP contribution in [0.2, 0.25) is 5.02 Å². The number of aliphatic hydroxyl groups excluding tert-OH is 1. The molecule has 0 amide bonds. The highest BCUT2D eigenvalue weighted by Gasteiger charge is 2.15. The minimum Gasteiger partial charge on any atom is -0.395 e. The van der Waals surface area contributed by atoms with Gasteiger partial charge in [-0.2, -0.15) is 0 Å². The number of aryl methyl sites for hydroxylation is 1. The Morgan fingerprint density at radius 2 is 1.95 bits per heavy atom. The van der Waals surface area contributed by atoms with Crippen LogP contribution < -0.4 is 0 Å². The maximum Gasteiger partial charge on any atom is 0.0610 e. The maximum atomic E-state index is 9.29. The highest BCUT2D eigenvalue weighted by molar-refractivity contribution is 6.32. The fraction of sp³-hybridized carbons (Fsp3) is 0.529. The molecule has 0 aliphatic carbocycles. The van der Waals surface area contributed by atoms with Crippen LogP contribution in [0.25, 0.3) is 10.9 Å². The van der Waals surface area contributed by atoms with Crippen LogP contribution in [-0.4, -0.2) is 40.8 Å². The monoisotopic (exact) mass is 306 g/mol. The van der Waals surface area contributed by atoms with E-state index in [0.717, 1.165) is 23.6 Å². The van der Waals surface area contributed by atoms with Crippen molar-refractivity contribution >= 4 is 22.5 Å². The number of nitrogens with zero attached hydrogens (tertiary/aromatic N) is 2. The average Bonchev–Trinajstić information content (AvgIpc) is 3.09. The van der Waals surface area contributed by atoms with Gasteiger partial charge in [0, 0.05) is 29.7 Å². The highest BCUT2D eigenvalue weighted by Crippen LogP contribution is 2.30. The predicted molar refractivity (Wildman–Crippen MR) is 88.1 cm³/mol. The lowest BCUT2D eigenvalue weighted by Gasteiger charge is -2.13. The zero-order valence-electron chi connectivity index (χ0n) is 12.6. The lowest BCUT2D eigenvalue weighted by Crippen LogP contribution is -2.21. The SMILES string of the molecule is Cc1c(Cl)ccc2c(CCN3CCCC3)cn(CCO)c12. The Kier molecular flexibility index (Phi) is 4.53. The molecule has 0 radical (unpaired) electrons. The average molecular weight is 307 g/mol. The Morgan fingerprint density at radius 3 is 2.67 bits per heavy atom. The Hall–Kier alpha value is -1.03. The van der Waals surface area contributed by atoms with E-state index in [2.05, 4.69) is 28.7 Å². The molecule has 21 heavy (non-hydrogen) atoms. The van der Waals surface area contributed by atoms with Crippen molar-refractivity contribution in [2.24, 2.45) is 0 Å². The van der Waals surface area contributed by atoms with E-state index in [1.807, 2.05) is 6.07 Å². The van der Waals surface area contributed by atoms with E-state index in [1.165, 1.54) is 42.4 Å². The van der Waals surface area contributed by atoms with Crippen molar-refractivity contribution in [3.8, 4) is 0 Å². The molecule has 1 N–H and O–H groups in total. The molecule has 1 aliphatic rings. The molecule has 0 atom stereocenters. The first-order valence-corrected chi connectivity index (χ1v) is 8.18. The summed E-state index contributed by atoms with van der Waals surface area (Å²) in [6.07, 6.45) is 5.93. The fourth-order valence-corrected chi connectivity index (χ4v) is 3.55. The molecule has 0 saturated carbocycles. The van der Waals surface area contributed by atoms with E-state index in [9.17, 15) is 5.11 Å². The van der Waals surface area contributed by atoms with Gasteiger partial charge in [0.25, 0.3) is 0 Å². The molecule has 114 valence electrons. The van der Waals surface area contributed by atoms with Gasteiger partial charge in [0.1, 0.15) is 0 Å². The summed E-state index contributed by atoms with van der Waals surface area (Å²) in [6.45, 7) is 6.44. The zero-order valence-corrected chi connectivity index (χ0v) is 13.4. The number of aromatic nitrogens is 1. The number of fused-ring (bicyclic) bond motifs is 1. The minimum absolute atomic E-state index is 0.154. The molecule has 0 bridgehead atoms. The van der Waals surface area contributed by atoms with E-state index in [0.29, 0.717) is 6.54 Å². The van der Waals surface area contributed by atoms with Crippen LogP contribution in [0.3, 0.4) is 0 Å². The number of benzene rings is 1. The molecule has 1 aromatic carbocycles. The fourth-order valence-electron chi connectivity index (χ4n) is 3.40. The van der Waals surface area contributed by atoms with Gasteiger partial charge in [-0.3, -0.25) is 0 Å². The number of hydrogen-bond donors (Lipinski definition) is 1. The predicted octanol–water partition coefficient (Wildman–Crippen LogP) is 3.23. The molecule has 2 heterocycles. The van der Waals surface area contributed by atoms with Crippen LogP contribution in [0.1, 0.15) is 24.0 Å². The van der Waals surface area contributed by atoms with Gasteiger partial charge in [-0.05, 0) is 56.5 Å². The van der Waals surface area contributed by atoms with Gasteiger partial charge in [-0.25, -0.2) is 0 Å². The molecule has 2 aromatic rings. The van der Waals surface area contributed by atoms with E-state index in [4.69, 9.17) is 11.6 Å². The number of likely N-dealkylation sites (tertiary alicyclic amines) is 1. The van der Waals surface area contributed by atoms with Crippen molar-refractivity contribution in [3.63, 3.8) is 0 Å². The van der Waals surface area contributed by atoms with Gasteiger partial charge in [0.2, 0.25) is 0 Å². The second-order valence-electron chi connectivity index (χ2n) is 5.94. The maximum absolute atomic E-state index is 9.29. The smallest absolute Gasteiger partial charge is 0.0610 e. The molecule has 1 aliphatic heterocycles. The number of aliphatic hydroxyl groups is 1. The number of hydrogen-bond acceptors (Lipinski definition) is 2. The van der Waals surface area contributed by atoms with Crippen molar-refractivity contribution in [2.75, 3.05) is 26.2 Å². The van der Waals surface area contributed by atoms with Gasteiger partial charge in [-0.1, -0.05) is 17.7 Å². The molecule has 4 heteroatoms. The summed E-state index contributed by atoms with van der Waals surface area (Å²) in [7, 11) is 0. The zero-order chi connectivity index (χ0) is 14.8. The lowest BCUT2D eigenvalue weighted by molar-refractivity contribution is 0.278. The molecule has 1 fully saturated rings. The van der Waals surface area contributed by atoms with E-state index < -0.39 is 0 Å². The summed E-state index contributed by atoms with van der Waals surface area (Å²) in [5.41, 5.74) is 3.65. The van der Waals surface area contributed by atoms with Crippen molar-refractivity contribution in [3.05, 3.63) is 34.5 Å². The molecule has 0 spiro atoms. The molecule has 1 aromatic heterocycles. The van der Waals surface area contributed by atoms with E-state index in [-0.39, 0.29) is 6.61 Å². The first-order chi connectivity index (χ1) is 10.2. The van der Waals surface area contributed by atoms with Gasteiger partial charge >= 0.3 is 0 Å². The number of halogens is 1. The van der Waals surface area contributed by atoms with Crippen molar-refractivity contribution < 1.29 is 5.11 Å². The van der Waals surface area contributed by atoms with Crippen molar-refractivity contribution in [1.82, 2.24) is 9.47 Å². The standard InChI is InChI=1S/C17H23ClN2O/c1-13-16(18)5-4-15-14(6-9-19-7-2-3-8-19)12-20(10-11-21)17(13)15/h4-5,12,21H,2-3,6-11H2,1H3. The Labute approximate surface area is 131 Å². The minimum atomic E-state index is 0.154. The molecule has 3 rings (SSSR count). The second kappa shape index (κ2) is 6.39. The summed E-state index contributed by atoms with van der Waals surface area (Å²) in [5.74, 6) is 0. The largest absolute Gasteiger partial charge is 0.395 e. The van der Waals surface area contributed by atoms with E-state index in [1.54, 1.807) is 0 Å². The summed E-state index contributed by atoms with van der Waals surface area (Å²) in [5, 5.41) is 11.4. The van der Waals surface area contributed by atoms with Crippen molar-refractivity contribution in [2.45, 2.75) is 32.7 Å². The van der Waals surface area contributed by atoms with Gasteiger partial charge in [0.15, 0.2) is 0 Å². The lowest BCUT2D eigenvalue weighted by atomic mass is 10.1. The van der Waals surface area contributed by atoms with Crippen LogP contribution in [0.15, 0.2) is 18.3 Å². The van der Waals surface area contributed by atoms with Crippen LogP contribution in [0.5, 0.6) is 0 Å². The van der Waals surface area contributed by atoms with E-state index >= 15 is 0 Å². The van der Waals surface area contributed by atoms with Crippen LogP contribution in [-0.2, 0) is 13.0 Å². The molecule has 0 unspecified atom stereocenters. The van der Waals surface area contributed by atoms with Gasteiger partial charge < -0.3 is 14.6 Å². The Balaban J connectivity index is 1.92. The molecular formula is C17H23ClN2O.